The summed E-state index contributed by atoms with van der Waals surface area (Å²) in [5.74, 6) is 0.785. The standard InChI is InChI=1S/C10H18O2/c1-2-6-12-10-4-3-9(7-10)8-11-5-1/h9-10H,1-8H2/t9-,10+/m0/s1. The van der Waals surface area contributed by atoms with E-state index in [-0.39, 0.29) is 0 Å². The first-order valence-electron chi connectivity index (χ1n) is 5.14. The van der Waals surface area contributed by atoms with Gasteiger partial charge in [-0.1, -0.05) is 0 Å². The highest BCUT2D eigenvalue weighted by atomic mass is 16.5. The van der Waals surface area contributed by atoms with Crippen LogP contribution in [0.25, 0.3) is 0 Å². The second kappa shape index (κ2) is 4.24. The molecule has 2 bridgehead atoms. The van der Waals surface area contributed by atoms with Crippen molar-refractivity contribution < 1.29 is 9.47 Å². The average Bonchev–Trinajstić information content (AvgIpc) is 2.51. The van der Waals surface area contributed by atoms with Crippen molar-refractivity contribution in [2.45, 2.75) is 38.2 Å². The van der Waals surface area contributed by atoms with Crippen LogP contribution in [0.4, 0.5) is 0 Å². The molecule has 0 aromatic carbocycles. The number of ether oxygens (including phenoxy) is 2. The Morgan fingerprint density at radius 2 is 1.92 bits per heavy atom. The molecular weight excluding hydrogens is 152 g/mol. The molecule has 0 radical (unpaired) electrons. The van der Waals surface area contributed by atoms with Crippen LogP contribution in [0.5, 0.6) is 0 Å². The van der Waals surface area contributed by atoms with Crippen LogP contribution in [0.2, 0.25) is 0 Å². The lowest BCUT2D eigenvalue weighted by Gasteiger charge is -2.15. The van der Waals surface area contributed by atoms with E-state index in [4.69, 9.17) is 9.47 Å². The quantitative estimate of drug-likeness (QED) is 0.553. The molecule has 1 aliphatic heterocycles. The normalized spacial score (nSPS) is 38.0. The molecule has 0 spiro atoms. The van der Waals surface area contributed by atoms with Crippen LogP contribution in [0.1, 0.15) is 32.1 Å². The number of hydrogen-bond donors (Lipinski definition) is 0. The van der Waals surface area contributed by atoms with E-state index in [9.17, 15) is 0 Å². The van der Waals surface area contributed by atoms with Crippen molar-refractivity contribution >= 4 is 0 Å². The van der Waals surface area contributed by atoms with Gasteiger partial charge >= 0.3 is 0 Å². The van der Waals surface area contributed by atoms with E-state index in [1.165, 1.54) is 32.1 Å². The van der Waals surface area contributed by atoms with Crippen molar-refractivity contribution in [3.63, 3.8) is 0 Å². The molecule has 0 aromatic rings. The van der Waals surface area contributed by atoms with Crippen molar-refractivity contribution in [3.05, 3.63) is 0 Å². The molecule has 2 fully saturated rings. The Labute approximate surface area is 74.2 Å². The van der Waals surface area contributed by atoms with E-state index >= 15 is 0 Å². The summed E-state index contributed by atoms with van der Waals surface area (Å²) in [6, 6.07) is 0. The average molecular weight is 170 g/mol. The Balaban J connectivity index is 1.82. The van der Waals surface area contributed by atoms with Crippen molar-refractivity contribution in [2.24, 2.45) is 5.92 Å². The molecule has 2 rings (SSSR count). The Morgan fingerprint density at radius 1 is 1.00 bits per heavy atom. The summed E-state index contributed by atoms with van der Waals surface area (Å²) in [7, 11) is 0. The molecule has 0 amide bonds. The molecule has 1 saturated carbocycles. The molecule has 2 nitrogen and oxygen atoms in total. The molecule has 0 N–H and O–H groups in total. The van der Waals surface area contributed by atoms with Crippen LogP contribution in [-0.4, -0.2) is 25.9 Å². The van der Waals surface area contributed by atoms with Gasteiger partial charge in [0.15, 0.2) is 0 Å². The van der Waals surface area contributed by atoms with Gasteiger partial charge in [0.05, 0.1) is 6.10 Å². The molecule has 2 heteroatoms. The van der Waals surface area contributed by atoms with Crippen molar-refractivity contribution in [3.8, 4) is 0 Å². The Morgan fingerprint density at radius 3 is 2.92 bits per heavy atom. The van der Waals surface area contributed by atoms with E-state index in [1.54, 1.807) is 0 Å². The van der Waals surface area contributed by atoms with Crippen LogP contribution in [0.3, 0.4) is 0 Å². The van der Waals surface area contributed by atoms with Crippen LogP contribution in [0.15, 0.2) is 0 Å². The van der Waals surface area contributed by atoms with Crippen LogP contribution >= 0.6 is 0 Å². The maximum Gasteiger partial charge on any atom is 0.0578 e. The zero-order valence-corrected chi connectivity index (χ0v) is 7.63. The first-order chi connectivity index (χ1) is 5.95. The minimum absolute atomic E-state index is 0.552. The molecule has 12 heavy (non-hydrogen) atoms. The molecule has 0 unspecified atom stereocenters. The van der Waals surface area contributed by atoms with E-state index in [1.807, 2.05) is 0 Å². The molecule has 70 valence electrons. The van der Waals surface area contributed by atoms with Gasteiger partial charge in [-0.3, -0.25) is 0 Å². The molecular formula is C10H18O2. The molecule has 2 atom stereocenters. The van der Waals surface area contributed by atoms with Crippen LogP contribution in [0, 0.1) is 5.92 Å². The van der Waals surface area contributed by atoms with Crippen LogP contribution in [-0.2, 0) is 9.47 Å². The minimum Gasteiger partial charge on any atom is -0.381 e. The van der Waals surface area contributed by atoms with Gasteiger partial charge in [0.25, 0.3) is 0 Å². The highest BCUT2D eigenvalue weighted by molar-refractivity contribution is 4.76. The number of fused-ring (bicyclic) bond motifs is 2. The predicted octanol–water partition coefficient (Wildman–Crippen LogP) is 1.98. The monoisotopic (exact) mass is 170 g/mol. The van der Waals surface area contributed by atoms with E-state index in [0.29, 0.717) is 6.10 Å². The SMILES string of the molecule is C1CCO[C@@H]2CC[C@H](COC1)C2. The first kappa shape index (κ1) is 8.52. The summed E-state index contributed by atoms with van der Waals surface area (Å²) in [4.78, 5) is 0. The van der Waals surface area contributed by atoms with Gasteiger partial charge in [-0.05, 0) is 38.0 Å². The van der Waals surface area contributed by atoms with Crippen molar-refractivity contribution in [1.82, 2.24) is 0 Å². The van der Waals surface area contributed by atoms with Gasteiger partial charge < -0.3 is 9.47 Å². The summed E-state index contributed by atoms with van der Waals surface area (Å²) >= 11 is 0. The number of hydrogen-bond acceptors (Lipinski definition) is 2. The molecule has 0 aromatic heterocycles. The first-order valence-corrected chi connectivity index (χ1v) is 5.14. The number of rotatable bonds is 0. The molecule has 1 heterocycles. The lowest BCUT2D eigenvalue weighted by atomic mass is 10.1. The molecule has 2 aliphatic rings. The third-order valence-electron chi connectivity index (χ3n) is 2.88. The molecule has 1 saturated heterocycles. The smallest absolute Gasteiger partial charge is 0.0578 e. The Kier molecular flexibility index (Phi) is 3.01. The van der Waals surface area contributed by atoms with E-state index < -0.39 is 0 Å². The minimum atomic E-state index is 0.552. The van der Waals surface area contributed by atoms with Gasteiger partial charge in [-0.15, -0.1) is 0 Å². The van der Waals surface area contributed by atoms with Gasteiger partial charge in [0, 0.05) is 19.8 Å². The molecule has 1 aliphatic carbocycles. The van der Waals surface area contributed by atoms with Gasteiger partial charge in [-0.25, -0.2) is 0 Å². The Hall–Kier alpha value is -0.0800. The third kappa shape index (κ3) is 2.20. The van der Waals surface area contributed by atoms with Gasteiger partial charge in [0.1, 0.15) is 0 Å². The Bertz CT molecular complexity index is 122. The van der Waals surface area contributed by atoms with Gasteiger partial charge in [-0.2, -0.15) is 0 Å². The maximum absolute atomic E-state index is 5.75. The highest BCUT2D eigenvalue weighted by Crippen LogP contribution is 2.28. The topological polar surface area (TPSA) is 18.5 Å². The zero-order chi connectivity index (χ0) is 8.23. The van der Waals surface area contributed by atoms with E-state index in [2.05, 4.69) is 0 Å². The predicted molar refractivity (Wildman–Crippen MR) is 47.1 cm³/mol. The zero-order valence-electron chi connectivity index (χ0n) is 7.63. The van der Waals surface area contributed by atoms with Crippen molar-refractivity contribution in [1.29, 1.82) is 0 Å². The summed E-state index contributed by atoms with van der Waals surface area (Å²) in [6.45, 7) is 2.85. The summed E-state index contributed by atoms with van der Waals surface area (Å²) in [6.07, 6.45) is 6.69. The lowest BCUT2D eigenvalue weighted by molar-refractivity contribution is 0.0276. The fourth-order valence-corrected chi connectivity index (χ4v) is 2.14. The summed E-state index contributed by atoms with van der Waals surface area (Å²) in [5, 5.41) is 0. The van der Waals surface area contributed by atoms with Gasteiger partial charge in [0.2, 0.25) is 0 Å². The fourth-order valence-electron chi connectivity index (χ4n) is 2.14. The van der Waals surface area contributed by atoms with E-state index in [0.717, 1.165) is 25.7 Å². The third-order valence-corrected chi connectivity index (χ3v) is 2.88. The summed E-state index contributed by atoms with van der Waals surface area (Å²) < 4.78 is 11.3. The summed E-state index contributed by atoms with van der Waals surface area (Å²) in [5.41, 5.74) is 0. The second-order valence-corrected chi connectivity index (χ2v) is 3.95. The van der Waals surface area contributed by atoms with Crippen LogP contribution < -0.4 is 0 Å². The fraction of sp³-hybridized carbons (Fsp3) is 1.00. The van der Waals surface area contributed by atoms with Crippen molar-refractivity contribution in [2.75, 3.05) is 19.8 Å². The second-order valence-electron chi connectivity index (χ2n) is 3.95. The lowest BCUT2D eigenvalue weighted by Crippen LogP contribution is -2.14. The largest absolute Gasteiger partial charge is 0.381 e. The maximum atomic E-state index is 5.75. The highest BCUT2D eigenvalue weighted by Gasteiger charge is 2.25.